The Bertz CT molecular complexity index is 798. The molecule has 1 aromatic carbocycles. The summed E-state index contributed by atoms with van der Waals surface area (Å²) in [6, 6.07) is 9.87. The average molecular weight is 370 g/mol. The number of anilines is 1. The Labute approximate surface area is 157 Å². The summed E-state index contributed by atoms with van der Waals surface area (Å²) < 4.78 is 10.1. The first-order valence-corrected chi connectivity index (χ1v) is 8.99. The van der Waals surface area contributed by atoms with Gasteiger partial charge < -0.3 is 19.4 Å². The van der Waals surface area contributed by atoms with E-state index < -0.39 is 0 Å². The second kappa shape index (κ2) is 8.53. The van der Waals surface area contributed by atoms with Crippen molar-refractivity contribution >= 4 is 23.5 Å². The highest BCUT2D eigenvalue weighted by Crippen LogP contribution is 2.21. The topological polar surface area (TPSA) is 88.9 Å². The van der Waals surface area contributed by atoms with Crippen LogP contribution in [0.25, 0.3) is 0 Å². The molecule has 0 saturated carbocycles. The molecule has 1 saturated heterocycles. The number of furan rings is 1. The van der Waals surface area contributed by atoms with Crippen molar-refractivity contribution in [1.29, 1.82) is 0 Å². The number of carbonyl (C=O) groups excluding carboxylic acids is 3. The number of ether oxygens (including phenoxy) is 1. The standard InChI is InChI=1S/C20H22N2O5/c1-2-26-20(25)15-5-3-11-22(13-15)19(24)14-7-9-16(10-8-14)21-18(23)17-6-4-12-27-17/h4,6-10,12,15H,2-3,5,11,13H2,1H3,(H,21,23)/t15-/m1/s1. The molecule has 1 aliphatic heterocycles. The van der Waals surface area contributed by atoms with Crippen molar-refractivity contribution in [2.24, 2.45) is 5.92 Å². The van der Waals surface area contributed by atoms with Crippen molar-refractivity contribution in [3.05, 3.63) is 54.0 Å². The van der Waals surface area contributed by atoms with E-state index in [9.17, 15) is 14.4 Å². The Hall–Kier alpha value is -3.09. The van der Waals surface area contributed by atoms with E-state index in [-0.39, 0.29) is 29.5 Å². The predicted molar refractivity (Wildman–Crippen MR) is 98.4 cm³/mol. The molecule has 0 spiro atoms. The largest absolute Gasteiger partial charge is 0.466 e. The van der Waals surface area contributed by atoms with Crippen LogP contribution in [0.3, 0.4) is 0 Å². The van der Waals surface area contributed by atoms with E-state index in [1.807, 2.05) is 0 Å². The van der Waals surface area contributed by atoms with Crippen molar-refractivity contribution in [3.63, 3.8) is 0 Å². The lowest BCUT2D eigenvalue weighted by molar-refractivity contribution is -0.149. The number of carbonyl (C=O) groups is 3. The summed E-state index contributed by atoms with van der Waals surface area (Å²) in [5, 5.41) is 2.71. The van der Waals surface area contributed by atoms with Crippen LogP contribution in [0.15, 0.2) is 47.1 Å². The number of benzene rings is 1. The average Bonchev–Trinajstić information content (AvgIpc) is 3.23. The van der Waals surface area contributed by atoms with Gasteiger partial charge in [0.15, 0.2) is 5.76 Å². The van der Waals surface area contributed by atoms with Gasteiger partial charge in [-0.2, -0.15) is 0 Å². The molecule has 2 amide bonds. The van der Waals surface area contributed by atoms with Gasteiger partial charge in [-0.25, -0.2) is 0 Å². The van der Waals surface area contributed by atoms with E-state index in [1.54, 1.807) is 48.2 Å². The molecule has 0 bridgehead atoms. The Kier molecular flexibility index (Phi) is 5.90. The fraction of sp³-hybridized carbons (Fsp3) is 0.350. The molecule has 1 atom stereocenters. The van der Waals surface area contributed by atoms with Crippen LogP contribution in [0.4, 0.5) is 5.69 Å². The van der Waals surface area contributed by atoms with Crippen molar-refractivity contribution in [2.45, 2.75) is 19.8 Å². The van der Waals surface area contributed by atoms with E-state index in [0.29, 0.717) is 30.9 Å². The number of piperidine rings is 1. The van der Waals surface area contributed by atoms with E-state index in [1.165, 1.54) is 6.26 Å². The number of likely N-dealkylation sites (tertiary alicyclic amines) is 1. The van der Waals surface area contributed by atoms with Gasteiger partial charge in [0.2, 0.25) is 0 Å². The molecule has 2 aromatic rings. The lowest BCUT2D eigenvalue weighted by Crippen LogP contribution is -2.42. The molecule has 7 nitrogen and oxygen atoms in total. The highest BCUT2D eigenvalue weighted by atomic mass is 16.5. The molecule has 7 heteroatoms. The van der Waals surface area contributed by atoms with Crippen LogP contribution in [0.5, 0.6) is 0 Å². The van der Waals surface area contributed by atoms with Gasteiger partial charge in [0, 0.05) is 24.3 Å². The Morgan fingerprint density at radius 2 is 2.00 bits per heavy atom. The number of hydrogen-bond acceptors (Lipinski definition) is 5. The third-order valence-corrected chi connectivity index (χ3v) is 4.46. The zero-order chi connectivity index (χ0) is 19.2. The van der Waals surface area contributed by atoms with Gasteiger partial charge >= 0.3 is 5.97 Å². The summed E-state index contributed by atoms with van der Waals surface area (Å²) in [7, 11) is 0. The normalized spacial score (nSPS) is 16.6. The molecule has 142 valence electrons. The summed E-state index contributed by atoms with van der Waals surface area (Å²) in [4.78, 5) is 38.3. The molecule has 0 aliphatic carbocycles. The second-order valence-corrected chi connectivity index (χ2v) is 6.35. The molecule has 0 unspecified atom stereocenters. The third kappa shape index (κ3) is 4.55. The quantitative estimate of drug-likeness (QED) is 0.818. The Morgan fingerprint density at radius 3 is 2.67 bits per heavy atom. The van der Waals surface area contributed by atoms with Gasteiger partial charge in [0.05, 0.1) is 18.8 Å². The Morgan fingerprint density at radius 1 is 1.22 bits per heavy atom. The first-order valence-electron chi connectivity index (χ1n) is 8.99. The number of hydrogen-bond donors (Lipinski definition) is 1. The van der Waals surface area contributed by atoms with E-state index in [2.05, 4.69) is 5.32 Å². The Balaban J connectivity index is 1.61. The lowest BCUT2D eigenvalue weighted by atomic mass is 9.97. The van der Waals surface area contributed by atoms with Crippen molar-refractivity contribution < 1.29 is 23.5 Å². The van der Waals surface area contributed by atoms with Gasteiger partial charge in [-0.3, -0.25) is 14.4 Å². The van der Waals surface area contributed by atoms with E-state index in [4.69, 9.17) is 9.15 Å². The highest BCUT2D eigenvalue weighted by Gasteiger charge is 2.29. The van der Waals surface area contributed by atoms with Gasteiger partial charge in [0.1, 0.15) is 0 Å². The molecule has 1 N–H and O–H groups in total. The summed E-state index contributed by atoms with van der Waals surface area (Å²) in [6.45, 7) is 3.10. The van der Waals surface area contributed by atoms with Crippen LogP contribution in [0.2, 0.25) is 0 Å². The number of nitrogens with one attached hydrogen (secondary N) is 1. The third-order valence-electron chi connectivity index (χ3n) is 4.46. The predicted octanol–water partition coefficient (Wildman–Crippen LogP) is 2.95. The summed E-state index contributed by atoms with van der Waals surface area (Å²) in [6.07, 6.45) is 2.94. The molecule has 1 aromatic heterocycles. The highest BCUT2D eigenvalue weighted by molar-refractivity contribution is 6.02. The maximum atomic E-state index is 12.7. The number of esters is 1. The smallest absolute Gasteiger partial charge is 0.310 e. The second-order valence-electron chi connectivity index (χ2n) is 6.35. The minimum absolute atomic E-state index is 0.132. The van der Waals surface area contributed by atoms with Crippen LogP contribution >= 0.6 is 0 Å². The van der Waals surface area contributed by atoms with Crippen LogP contribution in [0, 0.1) is 5.92 Å². The summed E-state index contributed by atoms with van der Waals surface area (Å²) in [5.41, 5.74) is 1.08. The van der Waals surface area contributed by atoms with Crippen molar-refractivity contribution in [1.82, 2.24) is 4.90 Å². The first-order chi connectivity index (χ1) is 13.1. The number of rotatable bonds is 5. The monoisotopic (exact) mass is 370 g/mol. The first kappa shape index (κ1) is 18.7. The molecule has 3 rings (SSSR count). The fourth-order valence-corrected chi connectivity index (χ4v) is 3.09. The number of amides is 2. The summed E-state index contributed by atoms with van der Waals surface area (Å²) in [5.74, 6) is -0.783. The zero-order valence-corrected chi connectivity index (χ0v) is 15.1. The molecule has 1 aliphatic rings. The van der Waals surface area contributed by atoms with Crippen LogP contribution in [0.1, 0.15) is 40.7 Å². The zero-order valence-electron chi connectivity index (χ0n) is 15.1. The maximum absolute atomic E-state index is 12.7. The summed E-state index contributed by atoms with van der Waals surface area (Å²) >= 11 is 0. The lowest BCUT2D eigenvalue weighted by Gasteiger charge is -2.31. The molecule has 27 heavy (non-hydrogen) atoms. The molecule has 0 radical (unpaired) electrons. The van der Waals surface area contributed by atoms with E-state index >= 15 is 0 Å². The maximum Gasteiger partial charge on any atom is 0.310 e. The van der Waals surface area contributed by atoms with Gasteiger partial charge in [-0.1, -0.05) is 0 Å². The number of nitrogens with zero attached hydrogens (tertiary/aromatic N) is 1. The molecular formula is C20H22N2O5. The van der Waals surface area contributed by atoms with Gasteiger partial charge in [-0.05, 0) is 56.2 Å². The van der Waals surface area contributed by atoms with E-state index in [0.717, 1.165) is 12.8 Å². The SMILES string of the molecule is CCOC(=O)[C@@H]1CCCN(C(=O)c2ccc(NC(=O)c3ccco3)cc2)C1. The van der Waals surface area contributed by atoms with Gasteiger partial charge in [0.25, 0.3) is 11.8 Å². The van der Waals surface area contributed by atoms with Crippen molar-refractivity contribution in [2.75, 3.05) is 25.0 Å². The van der Waals surface area contributed by atoms with Crippen molar-refractivity contribution in [3.8, 4) is 0 Å². The minimum Gasteiger partial charge on any atom is -0.466 e. The van der Waals surface area contributed by atoms with Crippen LogP contribution in [-0.2, 0) is 9.53 Å². The van der Waals surface area contributed by atoms with Crippen LogP contribution in [-0.4, -0.2) is 42.4 Å². The van der Waals surface area contributed by atoms with Crippen LogP contribution < -0.4 is 5.32 Å². The van der Waals surface area contributed by atoms with Gasteiger partial charge in [-0.15, -0.1) is 0 Å². The molecule has 1 fully saturated rings. The molecule has 2 heterocycles. The molecular weight excluding hydrogens is 348 g/mol. The minimum atomic E-state index is -0.354. The fourth-order valence-electron chi connectivity index (χ4n) is 3.09.